The van der Waals surface area contributed by atoms with E-state index in [1.807, 2.05) is 36.4 Å². The first-order chi connectivity index (χ1) is 15.3. The molecule has 166 valence electrons. The second kappa shape index (κ2) is 7.36. The van der Waals surface area contributed by atoms with Gasteiger partial charge in [0.25, 0.3) is 0 Å². The molecular weight excluding hydrogens is 408 g/mol. The average Bonchev–Trinajstić information content (AvgIpc) is 3.42. The fraction of sp³-hybridized carbons (Fsp3) is 0.400. The molecule has 2 bridgehead atoms. The van der Waals surface area contributed by atoms with Gasteiger partial charge in [-0.05, 0) is 48.4 Å². The molecule has 2 aromatic carbocycles. The van der Waals surface area contributed by atoms with Gasteiger partial charge >= 0.3 is 12.1 Å². The second-order valence-corrected chi connectivity index (χ2v) is 9.46. The Balaban J connectivity index is 1.24. The number of hydrogen-bond acceptors (Lipinski definition) is 4. The number of ether oxygens (including phenoxy) is 1. The third-order valence-corrected chi connectivity index (χ3v) is 7.14. The number of benzene rings is 2. The third-order valence-electron chi connectivity index (χ3n) is 7.14. The highest BCUT2D eigenvalue weighted by atomic mass is 16.5. The van der Waals surface area contributed by atoms with Crippen LogP contribution in [0.15, 0.2) is 48.5 Å². The highest BCUT2D eigenvalue weighted by molar-refractivity contribution is 5.91. The number of hydrogen-bond donors (Lipinski definition) is 2. The van der Waals surface area contributed by atoms with E-state index in [1.54, 1.807) is 18.7 Å². The smallest absolute Gasteiger partial charge is 0.408 e. The predicted octanol–water partition coefficient (Wildman–Crippen LogP) is 3.24. The molecule has 4 aliphatic rings. The van der Waals surface area contributed by atoms with Crippen LogP contribution >= 0.6 is 0 Å². The summed E-state index contributed by atoms with van der Waals surface area (Å²) in [4.78, 5) is 38.7. The zero-order chi connectivity index (χ0) is 22.6. The summed E-state index contributed by atoms with van der Waals surface area (Å²) in [6, 6.07) is 15.9. The van der Waals surface area contributed by atoms with Crippen molar-refractivity contribution >= 4 is 18.0 Å². The van der Waals surface area contributed by atoms with Gasteiger partial charge in [0.2, 0.25) is 5.91 Å². The zero-order valence-electron chi connectivity index (χ0n) is 18.1. The molecule has 2 aliphatic heterocycles. The highest BCUT2D eigenvalue weighted by Crippen LogP contribution is 2.47. The second-order valence-electron chi connectivity index (χ2n) is 9.46. The molecule has 0 aromatic heterocycles. The number of carboxylic acids is 1. The van der Waals surface area contributed by atoms with E-state index in [1.165, 1.54) is 0 Å². The van der Waals surface area contributed by atoms with Crippen LogP contribution in [0.5, 0.6) is 0 Å². The van der Waals surface area contributed by atoms with Crippen molar-refractivity contribution < 1.29 is 24.2 Å². The van der Waals surface area contributed by atoms with Gasteiger partial charge in [0.15, 0.2) is 0 Å². The lowest BCUT2D eigenvalue weighted by Crippen LogP contribution is -2.57. The van der Waals surface area contributed by atoms with Crippen LogP contribution in [0.4, 0.5) is 4.79 Å². The molecular formula is C25H26N2O5. The van der Waals surface area contributed by atoms with Crippen molar-refractivity contribution in [3.8, 4) is 11.1 Å². The molecule has 7 heteroatoms. The molecule has 2 aliphatic carbocycles. The number of nitrogens with zero attached hydrogens (tertiary/aromatic N) is 1. The van der Waals surface area contributed by atoms with Crippen molar-refractivity contribution in [2.75, 3.05) is 13.2 Å². The standard InChI is InChI=1S/C25H26N2O5/c1-25(2,23(30)27-12-14-11-20(27)21(14)22(28)29)26-24(31)32-13-19-17-9-5-3-7-15(17)16-8-4-6-10-18(16)19/h3-10,14,19-21H,11-13H2,1-2H3,(H,26,31)(H,28,29). The molecule has 2 aromatic rings. The van der Waals surface area contributed by atoms with Crippen molar-refractivity contribution in [2.45, 2.75) is 37.8 Å². The van der Waals surface area contributed by atoms with Gasteiger partial charge in [-0.15, -0.1) is 0 Å². The molecule has 0 radical (unpaired) electrons. The number of carboxylic acid groups (broad SMARTS) is 1. The Morgan fingerprint density at radius 1 is 1.06 bits per heavy atom. The zero-order valence-corrected chi connectivity index (χ0v) is 18.1. The Kier molecular flexibility index (Phi) is 4.73. The number of alkyl carbamates (subject to hydrolysis) is 1. The van der Waals surface area contributed by atoms with E-state index >= 15 is 0 Å². The van der Waals surface area contributed by atoms with Gasteiger partial charge < -0.3 is 20.1 Å². The van der Waals surface area contributed by atoms with Crippen LogP contribution < -0.4 is 5.32 Å². The monoisotopic (exact) mass is 434 g/mol. The molecule has 2 heterocycles. The highest BCUT2D eigenvalue weighted by Gasteiger charge is 2.58. The molecule has 1 saturated carbocycles. The van der Waals surface area contributed by atoms with Gasteiger partial charge in [-0.1, -0.05) is 48.5 Å². The fourth-order valence-electron chi connectivity index (χ4n) is 5.52. The lowest BCUT2D eigenvalue weighted by atomic mass is 9.74. The Hall–Kier alpha value is -3.35. The van der Waals surface area contributed by atoms with Crippen molar-refractivity contribution in [3.05, 3.63) is 59.7 Å². The summed E-state index contributed by atoms with van der Waals surface area (Å²) >= 11 is 0. The van der Waals surface area contributed by atoms with Gasteiger partial charge in [-0.25, -0.2) is 4.79 Å². The van der Waals surface area contributed by atoms with E-state index in [9.17, 15) is 19.5 Å². The van der Waals surface area contributed by atoms with Crippen LogP contribution in [0.25, 0.3) is 11.1 Å². The molecule has 3 unspecified atom stereocenters. The topological polar surface area (TPSA) is 95.9 Å². The lowest BCUT2D eigenvalue weighted by molar-refractivity contribution is -0.149. The molecule has 0 spiro atoms. The first-order valence-corrected chi connectivity index (χ1v) is 10.9. The summed E-state index contributed by atoms with van der Waals surface area (Å²) in [6.07, 6.45) is 0.0514. The number of amides is 2. The summed E-state index contributed by atoms with van der Waals surface area (Å²) in [6.45, 7) is 3.85. The SMILES string of the molecule is CC(C)(NC(=O)OCC1c2ccccc2-c2ccccc21)C(=O)N1CC2CC1C2C(=O)O. The van der Waals surface area contributed by atoms with Crippen molar-refractivity contribution in [2.24, 2.45) is 11.8 Å². The number of carbonyl (C=O) groups is 3. The minimum atomic E-state index is -1.19. The molecule has 2 saturated heterocycles. The molecule has 3 atom stereocenters. The van der Waals surface area contributed by atoms with Crippen LogP contribution in [0.1, 0.15) is 37.3 Å². The van der Waals surface area contributed by atoms with Crippen LogP contribution in [0.2, 0.25) is 0 Å². The first-order valence-electron chi connectivity index (χ1n) is 10.9. The average molecular weight is 434 g/mol. The van der Waals surface area contributed by atoms with E-state index in [0.717, 1.165) is 22.3 Å². The summed E-state index contributed by atoms with van der Waals surface area (Å²) in [7, 11) is 0. The number of carbonyl (C=O) groups excluding carboxylic acids is 2. The molecule has 7 nitrogen and oxygen atoms in total. The third kappa shape index (κ3) is 3.15. The van der Waals surface area contributed by atoms with Gasteiger partial charge in [0.1, 0.15) is 12.1 Å². The van der Waals surface area contributed by atoms with Crippen LogP contribution in [-0.4, -0.2) is 52.7 Å². The van der Waals surface area contributed by atoms with Crippen LogP contribution in [-0.2, 0) is 14.3 Å². The summed E-state index contributed by atoms with van der Waals surface area (Å²) in [5.41, 5.74) is 3.34. The van der Waals surface area contributed by atoms with Gasteiger partial charge in [0, 0.05) is 18.5 Å². The van der Waals surface area contributed by atoms with Crippen molar-refractivity contribution in [1.82, 2.24) is 10.2 Å². The quantitative estimate of drug-likeness (QED) is 0.753. The largest absolute Gasteiger partial charge is 0.481 e. The minimum Gasteiger partial charge on any atom is -0.481 e. The summed E-state index contributed by atoms with van der Waals surface area (Å²) < 4.78 is 5.57. The Morgan fingerprint density at radius 2 is 1.66 bits per heavy atom. The minimum absolute atomic E-state index is 0.00621. The van der Waals surface area contributed by atoms with Crippen molar-refractivity contribution in [3.63, 3.8) is 0 Å². The maximum absolute atomic E-state index is 13.1. The number of nitrogens with one attached hydrogen (secondary N) is 1. The Bertz CT molecular complexity index is 1070. The number of fused-ring (bicyclic) bond motifs is 4. The van der Waals surface area contributed by atoms with Gasteiger partial charge in [-0.3, -0.25) is 9.59 Å². The molecule has 6 rings (SSSR count). The summed E-state index contributed by atoms with van der Waals surface area (Å²) in [5, 5.41) is 12.0. The van der Waals surface area contributed by atoms with Crippen LogP contribution in [0.3, 0.4) is 0 Å². The van der Waals surface area contributed by atoms with E-state index in [4.69, 9.17) is 4.74 Å². The van der Waals surface area contributed by atoms with E-state index in [2.05, 4.69) is 17.4 Å². The maximum atomic E-state index is 13.1. The first kappa shape index (κ1) is 20.5. The number of rotatable bonds is 5. The fourth-order valence-corrected chi connectivity index (χ4v) is 5.52. The van der Waals surface area contributed by atoms with E-state index in [0.29, 0.717) is 13.0 Å². The lowest BCUT2D eigenvalue weighted by Gasteiger charge is -2.36. The van der Waals surface area contributed by atoms with Crippen molar-refractivity contribution in [1.29, 1.82) is 0 Å². The molecule has 2 N–H and O–H groups in total. The summed E-state index contributed by atoms with van der Waals surface area (Å²) in [5.74, 6) is -1.68. The number of aliphatic carboxylic acids is 1. The predicted molar refractivity (Wildman–Crippen MR) is 117 cm³/mol. The van der Waals surface area contributed by atoms with Gasteiger partial charge in [0.05, 0.1) is 5.92 Å². The molecule has 32 heavy (non-hydrogen) atoms. The normalized spacial score (nSPS) is 23.2. The van der Waals surface area contributed by atoms with Gasteiger partial charge in [-0.2, -0.15) is 0 Å². The molecule has 2 amide bonds. The maximum Gasteiger partial charge on any atom is 0.408 e. The Morgan fingerprint density at radius 3 is 2.22 bits per heavy atom. The van der Waals surface area contributed by atoms with E-state index < -0.39 is 23.5 Å². The van der Waals surface area contributed by atoms with E-state index in [-0.39, 0.29) is 30.4 Å². The van der Waals surface area contributed by atoms with Crippen LogP contribution in [0, 0.1) is 11.8 Å². The Labute approximate surface area is 186 Å². The molecule has 3 fully saturated rings.